The van der Waals surface area contributed by atoms with Crippen LogP contribution in [0.15, 0.2) is 12.3 Å². The molecule has 1 rings (SSSR count). The lowest BCUT2D eigenvalue weighted by molar-refractivity contribution is 0.0933. The molecular weight excluding hydrogens is 238 g/mol. The highest BCUT2D eigenvalue weighted by atomic mass is 35.5. The fraction of sp³-hybridized carbons (Fsp3) is 0.583. The van der Waals surface area contributed by atoms with Gasteiger partial charge >= 0.3 is 0 Å². The van der Waals surface area contributed by atoms with Crippen LogP contribution in [0.2, 0.25) is 5.02 Å². The van der Waals surface area contributed by atoms with Gasteiger partial charge < -0.3 is 10.3 Å². The monoisotopic (exact) mass is 257 g/mol. The summed E-state index contributed by atoms with van der Waals surface area (Å²) in [6.45, 7) is 8.95. The molecule has 1 heterocycles. The molecule has 0 aliphatic carbocycles. The fourth-order valence-electron chi connectivity index (χ4n) is 1.81. The van der Waals surface area contributed by atoms with Crippen molar-refractivity contribution in [3.8, 4) is 0 Å². The Hall–Kier alpha value is -1.00. The summed E-state index contributed by atoms with van der Waals surface area (Å²) in [5, 5.41) is 3.44. The van der Waals surface area contributed by atoms with E-state index in [0.717, 1.165) is 13.1 Å². The Kier molecular flexibility index (Phi) is 5.51. The first-order chi connectivity index (χ1) is 8.08. The minimum Gasteiger partial charge on any atom is -0.356 e. The van der Waals surface area contributed by atoms with Crippen LogP contribution < -0.4 is 5.32 Å². The first kappa shape index (κ1) is 14.1. The van der Waals surface area contributed by atoms with Gasteiger partial charge in [-0.25, -0.2) is 0 Å². The number of carbonyl (C=O) groups excluding carboxylic acids is 1. The highest BCUT2D eigenvalue weighted by Crippen LogP contribution is 2.09. The number of aromatic nitrogens is 1. The first-order valence-corrected chi connectivity index (χ1v) is 6.32. The van der Waals surface area contributed by atoms with Gasteiger partial charge in [0.15, 0.2) is 0 Å². The highest BCUT2D eigenvalue weighted by Gasteiger charge is 2.13. The third-order valence-corrected chi connectivity index (χ3v) is 3.10. The number of halogens is 1. The molecule has 0 radical (unpaired) electrons. The molecule has 1 unspecified atom stereocenters. The SMILES string of the molecule is CCN(CC)C(C)CNC(=O)c1cc(Cl)c[nH]1. The van der Waals surface area contributed by atoms with Crippen LogP contribution in [0.5, 0.6) is 0 Å². The van der Waals surface area contributed by atoms with Gasteiger partial charge in [-0.15, -0.1) is 0 Å². The van der Waals surface area contributed by atoms with Crippen LogP contribution in [-0.4, -0.2) is 41.5 Å². The van der Waals surface area contributed by atoms with E-state index in [1.54, 1.807) is 12.3 Å². The topological polar surface area (TPSA) is 48.1 Å². The fourth-order valence-corrected chi connectivity index (χ4v) is 1.97. The summed E-state index contributed by atoms with van der Waals surface area (Å²) in [6.07, 6.45) is 1.60. The van der Waals surface area contributed by atoms with Gasteiger partial charge in [-0.3, -0.25) is 9.69 Å². The van der Waals surface area contributed by atoms with Gasteiger partial charge in [-0.05, 0) is 26.1 Å². The minimum absolute atomic E-state index is 0.115. The van der Waals surface area contributed by atoms with E-state index >= 15 is 0 Å². The molecule has 0 saturated carbocycles. The summed E-state index contributed by atoms with van der Waals surface area (Å²) < 4.78 is 0. The predicted molar refractivity (Wildman–Crippen MR) is 70.5 cm³/mol. The molecule has 0 bridgehead atoms. The average molecular weight is 258 g/mol. The van der Waals surface area contributed by atoms with Crippen LogP contribution in [0.4, 0.5) is 0 Å². The maximum atomic E-state index is 11.7. The number of H-pyrrole nitrogens is 1. The largest absolute Gasteiger partial charge is 0.356 e. The van der Waals surface area contributed by atoms with Crippen molar-refractivity contribution in [2.75, 3.05) is 19.6 Å². The van der Waals surface area contributed by atoms with Crippen molar-refractivity contribution < 1.29 is 4.79 Å². The molecule has 1 amide bonds. The zero-order chi connectivity index (χ0) is 12.8. The van der Waals surface area contributed by atoms with E-state index in [1.165, 1.54) is 0 Å². The normalized spacial score (nSPS) is 12.8. The van der Waals surface area contributed by atoms with Crippen LogP contribution >= 0.6 is 11.6 Å². The Labute approximate surface area is 107 Å². The van der Waals surface area contributed by atoms with E-state index < -0.39 is 0 Å². The van der Waals surface area contributed by atoms with Crippen molar-refractivity contribution in [3.05, 3.63) is 23.0 Å². The van der Waals surface area contributed by atoms with Gasteiger partial charge in [0.05, 0.1) is 5.02 Å². The summed E-state index contributed by atoms with van der Waals surface area (Å²) in [6, 6.07) is 1.96. The summed E-state index contributed by atoms with van der Waals surface area (Å²) >= 11 is 5.74. The molecular formula is C12H20ClN3O. The number of hydrogen-bond acceptors (Lipinski definition) is 2. The zero-order valence-corrected chi connectivity index (χ0v) is 11.3. The van der Waals surface area contributed by atoms with E-state index in [2.05, 4.69) is 36.0 Å². The molecule has 0 spiro atoms. The highest BCUT2D eigenvalue weighted by molar-refractivity contribution is 6.30. The Balaban J connectivity index is 2.43. The lowest BCUT2D eigenvalue weighted by Gasteiger charge is -2.26. The standard InChI is InChI=1S/C12H20ClN3O/c1-4-16(5-2)9(3)7-15-12(17)11-6-10(13)8-14-11/h6,8-9,14H,4-5,7H2,1-3H3,(H,15,17). The van der Waals surface area contributed by atoms with Gasteiger partial charge in [-0.1, -0.05) is 25.4 Å². The molecule has 17 heavy (non-hydrogen) atoms. The Morgan fingerprint density at radius 3 is 2.65 bits per heavy atom. The van der Waals surface area contributed by atoms with E-state index in [4.69, 9.17) is 11.6 Å². The Morgan fingerprint density at radius 2 is 2.18 bits per heavy atom. The maximum absolute atomic E-state index is 11.7. The molecule has 96 valence electrons. The van der Waals surface area contributed by atoms with Gasteiger partial charge in [0.1, 0.15) is 5.69 Å². The van der Waals surface area contributed by atoms with Crippen molar-refractivity contribution in [2.45, 2.75) is 26.8 Å². The van der Waals surface area contributed by atoms with Crippen LogP contribution in [-0.2, 0) is 0 Å². The summed E-state index contributed by atoms with van der Waals surface area (Å²) in [5.41, 5.74) is 0.502. The second-order valence-electron chi connectivity index (χ2n) is 4.01. The van der Waals surface area contributed by atoms with Crippen molar-refractivity contribution >= 4 is 17.5 Å². The van der Waals surface area contributed by atoms with Crippen LogP contribution in [0.3, 0.4) is 0 Å². The smallest absolute Gasteiger partial charge is 0.267 e. The van der Waals surface area contributed by atoms with E-state index in [-0.39, 0.29) is 5.91 Å². The van der Waals surface area contributed by atoms with E-state index in [9.17, 15) is 4.79 Å². The zero-order valence-electron chi connectivity index (χ0n) is 10.6. The summed E-state index contributed by atoms with van der Waals surface area (Å²) in [5.74, 6) is -0.115. The van der Waals surface area contributed by atoms with Crippen molar-refractivity contribution in [1.29, 1.82) is 0 Å². The van der Waals surface area contributed by atoms with E-state index in [1.807, 2.05) is 0 Å². The van der Waals surface area contributed by atoms with Crippen LogP contribution in [0.25, 0.3) is 0 Å². The van der Waals surface area contributed by atoms with E-state index in [0.29, 0.717) is 23.3 Å². The van der Waals surface area contributed by atoms with Gasteiger partial charge in [0.25, 0.3) is 5.91 Å². The van der Waals surface area contributed by atoms with Crippen molar-refractivity contribution in [3.63, 3.8) is 0 Å². The van der Waals surface area contributed by atoms with Crippen LogP contribution in [0.1, 0.15) is 31.3 Å². The summed E-state index contributed by atoms with van der Waals surface area (Å²) in [4.78, 5) is 16.9. The van der Waals surface area contributed by atoms with Gasteiger partial charge in [0, 0.05) is 18.8 Å². The number of hydrogen-bond donors (Lipinski definition) is 2. The van der Waals surface area contributed by atoms with Gasteiger partial charge in [0.2, 0.25) is 0 Å². The van der Waals surface area contributed by atoms with Crippen LogP contribution in [0, 0.1) is 0 Å². The number of nitrogens with one attached hydrogen (secondary N) is 2. The molecule has 4 nitrogen and oxygen atoms in total. The number of amides is 1. The second kappa shape index (κ2) is 6.67. The molecule has 1 aromatic heterocycles. The van der Waals surface area contributed by atoms with Gasteiger partial charge in [-0.2, -0.15) is 0 Å². The first-order valence-electron chi connectivity index (χ1n) is 5.94. The third kappa shape index (κ3) is 4.06. The predicted octanol–water partition coefficient (Wildman–Crippen LogP) is 2.13. The lowest BCUT2D eigenvalue weighted by Crippen LogP contribution is -2.42. The molecule has 0 aromatic carbocycles. The number of rotatable bonds is 6. The molecule has 0 fully saturated rings. The Morgan fingerprint density at radius 1 is 1.53 bits per heavy atom. The quantitative estimate of drug-likeness (QED) is 0.820. The number of aromatic amines is 1. The lowest BCUT2D eigenvalue weighted by atomic mass is 10.2. The molecule has 2 N–H and O–H groups in total. The summed E-state index contributed by atoms with van der Waals surface area (Å²) in [7, 11) is 0. The minimum atomic E-state index is -0.115. The molecule has 0 saturated heterocycles. The van der Waals surface area contributed by atoms with Crippen molar-refractivity contribution in [1.82, 2.24) is 15.2 Å². The average Bonchev–Trinajstić information content (AvgIpc) is 2.74. The molecule has 0 aliphatic heterocycles. The number of nitrogens with zero attached hydrogens (tertiary/aromatic N) is 1. The number of carbonyl (C=O) groups is 1. The second-order valence-corrected chi connectivity index (χ2v) is 4.45. The molecule has 1 atom stereocenters. The van der Waals surface area contributed by atoms with Crippen molar-refractivity contribution in [2.24, 2.45) is 0 Å². The molecule has 5 heteroatoms. The molecule has 1 aromatic rings. The molecule has 0 aliphatic rings. The number of likely N-dealkylation sites (N-methyl/N-ethyl adjacent to an activating group) is 1. The third-order valence-electron chi connectivity index (χ3n) is 2.89. The Bertz CT molecular complexity index is 360. The maximum Gasteiger partial charge on any atom is 0.267 e.